The van der Waals surface area contributed by atoms with Crippen molar-refractivity contribution in [1.82, 2.24) is 20.1 Å². The number of carbonyl (C=O) groups excluding carboxylic acids is 1. The Balaban J connectivity index is 1.41. The number of thioether (sulfide) groups is 1. The van der Waals surface area contributed by atoms with Gasteiger partial charge in [-0.05, 0) is 50.2 Å². The number of benzene rings is 1. The summed E-state index contributed by atoms with van der Waals surface area (Å²) in [5.41, 5.74) is 2.63. The maximum absolute atomic E-state index is 12.7. The second-order valence-electron chi connectivity index (χ2n) is 7.09. The fourth-order valence-corrected chi connectivity index (χ4v) is 4.36. The SMILES string of the molecule is C[C@H](Sc1nnc(C2CC2)n1C)C(=O)N[C@@H]1CCCc2ccccc21. The lowest BCUT2D eigenvalue weighted by Crippen LogP contribution is -2.36. The lowest BCUT2D eigenvalue weighted by atomic mass is 9.88. The third-order valence-corrected chi connectivity index (χ3v) is 6.28. The van der Waals surface area contributed by atoms with Crippen molar-refractivity contribution < 1.29 is 4.79 Å². The zero-order valence-corrected chi connectivity index (χ0v) is 15.6. The highest BCUT2D eigenvalue weighted by Gasteiger charge is 2.30. The van der Waals surface area contributed by atoms with Gasteiger partial charge in [0.05, 0.1) is 11.3 Å². The average Bonchev–Trinajstić information content (AvgIpc) is 3.40. The monoisotopic (exact) mass is 356 g/mol. The minimum atomic E-state index is -0.191. The lowest BCUT2D eigenvalue weighted by molar-refractivity contribution is -0.121. The summed E-state index contributed by atoms with van der Waals surface area (Å²) in [5, 5.41) is 12.4. The number of aryl methyl sites for hydroxylation is 1. The summed E-state index contributed by atoms with van der Waals surface area (Å²) in [4.78, 5) is 12.7. The van der Waals surface area contributed by atoms with E-state index in [1.807, 2.05) is 18.5 Å². The Kier molecular flexibility index (Phi) is 4.54. The summed E-state index contributed by atoms with van der Waals surface area (Å²) < 4.78 is 2.04. The van der Waals surface area contributed by atoms with E-state index in [9.17, 15) is 4.79 Å². The predicted octanol–water partition coefficient (Wildman–Crippen LogP) is 3.37. The minimum Gasteiger partial charge on any atom is -0.348 e. The first-order valence-electron chi connectivity index (χ1n) is 9.07. The van der Waals surface area contributed by atoms with Crippen molar-refractivity contribution in [3.63, 3.8) is 0 Å². The average molecular weight is 356 g/mol. The van der Waals surface area contributed by atoms with Gasteiger partial charge >= 0.3 is 0 Å². The largest absolute Gasteiger partial charge is 0.348 e. The number of nitrogens with one attached hydrogen (secondary N) is 1. The van der Waals surface area contributed by atoms with E-state index >= 15 is 0 Å². The fraction of sp³-hybridized carbons (Fsp3) is 0.526. The van der Waals surface area contributed by atoms with Crippen LogP contribution in [0.3, 0.4) is 0 Å². The number of hydrogen-bond donors (Lipinski definition) is 1. The minimum absolute atomic E-state index is 0.0719. The molecule has 0 bridgehead atoms. The highest BCUT2D eigenvalue weighted by molar-refractivity contribution is 8.00. The van der Waals surface area contributed by atoms with Crippen LogP contribution in [0.4, 0.5) is 0 Å². The first kappa shape index (κ1) is 16.6. The summed E-state index contributed by atoms with van der Waals surface area (Å²) in [5.74, 6) is 1.69. The summed E-state index contributed by atoms with van der Waals surface area (Å²) in [7, 11) is 2.00. The molecule has 0 saturated heterocycles. The Morgan fingerprint density at radius 2 is 2.08 bits per heavy atom. The molecule has 5 nitrogen and oxygen atoms in total. The molecule has 2 aliphatic rings. The van der Waals surface area contributed by atoms with E-state index in [4.69, 9.17) is 0 Å². The highest BCUT2D eigenvalue weighted by atomic mass is 32.2. The topological polar surface area (TPSA) is 59.8 Å². The first-order valence-corrected chi connectivity index (χ1v) is 9.95. The Bertz CT molecular complexity index is 783. The normalized spacial score (nSPS) is 20.8. The van der Waals surface area contributed by atoms with Crippen LogP contribution in [0.5, 0.6) is 0 Å². The van der Waals surface area contributed by atoms with Crippen molar-refractivity contribution in [2.75, 3.05) is 0 Å². The Morgan fingerprint density at radius 3 is 2.88 bits per heavy atom. The molecule has 1 aromatic heterocycles. The van der Waals surface area contributed by atoms with Gasteiger partial charge in [0.1, 0.15) is 5.82 Å². The van der Waals surface area contributed by atoms with Crippen LogP contribution in [0.2, 0.25) is 0 Å². The molecule has 0 spiro atoms. The Labute approximate surface area is 152 Å². The summed E-state index contributed by atoms with van der Waals surface area (Å²) >= 11 is 1.49. The molecule has 1 fully saturated rings. The summed E-state index contributed by atoms with van der Waals surface area (Å²) in [6.45, 7) is 1.94. The number of amides is 1. The van der Waals surface area contributed by atoms with Crippen LogP contribution in [0, 0.1) is 0 Å². The number of aromatic nitrogens is 3. The van der Waals surface area contributed by atoms with Gasteiger partial charge in [0.25, 0.3) is 0 Å². The molecule has 4 rings (SSSR count). The molecule has 0 aliphatic heterocycles. The van der Waals surface area contributed by atoms with Crippen molar-refractivity contribution >= 4 is 17.7 Å². The molecule has 0 radical (unpaired) electrons. The van der Waals surface area contributed by atoms with Crippen LogP contribution >= 0.6 is 11.8 Å². The predicted molar refractivity (Wildman–Crippen MR) is 98.6 cm³/mol. The van der Waals surface area contributed by atoms with E-state index in [1.54, 1.807) is 0 Å². The van der Waals surface area contributed by atoms with Crippen LogP contribution in [0.15, 0.2) is 29.4 Å². The van der Waals surface area contributed by atoms with Crippen LogP contribution in [0.25, 0.3) is 0 Å². The molecule has 2 aromatic rings. The van der Waals surface area contributed by atoms with Gasteiger partial charge in [-0.25, -0.2) is 0 Å². The molecule has 2 aliphatic carbocycles. The molecule has 1 saturated carbocycles. The van der Waals surface area contributed by atoms with Crippen molar-refractivity contribution in [1.29, 1.82) is 0 Å². The van der Waals surface area contributed by atoms with E-state index in [1.165, 1.54) is 35.7 Å². The third kappa shape index (κ3) is 3.45. The first-order chi connectivity index (χ1) is 12.1. The molecule has 2 atom stereocenters. The van der Waals surface area contributed by atoms with Crippen molar-refractivity contribution in [3.8, 4) is 0 Å². The zero-order chi connectivity index (χ0) is 17.4. The van der Waals surface area contributed by atoms with Gasteiger partial charge in [-0.2, -0.15) is 0 Å². The molecule has 1 heterocycles. The standard InChI is InChI=1S/C19H24N4OS/c1-12(25-19-22-21-17(23(19)2)14-10-11-14)18(24)20-16-9-5-7-13-6-3-4-8-15(13)16/h3-4,6,8,12,14,16H,5,7,9-11H2,1-2H3,(H,20,24)/t12-,16+/m0/s1. The quantitative estimate of drug-likeness (QED) is 0.835. The number of fused-ring (bicyclic) bond motifs is 1. The molecular formula is C19H24N4OS. The molecule has 132 valence electrons. The molecule has 1 aromatic carbocycles. The second-order valence-corrected chi connectivity index (χ2v) is 8.39. The van der Waals surface area contributed by atoms with Crippen molar-refractivity contribution in [2.45, 2.75) is 61.4 Å². The molecule has 1 amide bonds. The van der Waals surface area contributed by atoms with Gasteiger partial charge in [-0.3, -0.25) is 4.79 Å². The van der Waals surface area contributed by atoms with Gasteiger partial charge in [0, 0.05) is 13.0 Å². The van der Waals surface area contributed by atoms with Crippen LogP contribution < -0.4 is 5.32 Å². The van der Waals surface area contributed by atoms with E-state index in [0.29, 0.717) is 5.92 Å². The van der Waals surface area contributed by atoms with E-state index in [-0.39, 0.29) is 17.2 Å². The maximum Gasteiger partial charge on any atom is 0.233 e. The molecule has 6 heteroatoms. The van der Waals surface area contributed by atoms with Crippen molar-refractivity contribution in [2.24, 2.45) is 7.05 Å². The number of carbonyl (C=O) groups is 1. The van der Waals surface area contributed by atoms with Crippen LogP contribution in [-0.4, -0.2) is 25.9 Å². The number of nitrogens with zero attached hydrogens (tertiary/aromatic N) is 3. The maximum atomic E-state index is 12.7. The molecule has 1 N–H and O–H groups in total. The van der Waals surface area contributed by atoms with Gasteiger partial charge < -0.3 is 9.88 Å². The van der Waals surface area contributed by atoms with Crippen LogP contribution in [0.1, 0.15) is 61.5 Å². The summed E-state index contributed by atoms with van der Waals surface area (Å²) in [6.07, 6.45) is 5.64. The Morgan fingerprint density at radius 1 is 1.28 bits per heavy atom. The van der Waals surface area contributed by atoms with E-state index < -0.39 is 0 Å². The third-order valence-electron chi connectivity index (χ3n) is 5.15. The Hall–Kier alpha value is -1.82. The van der Waals surface area contributed by atoms with E-state index in [2.05, 4.69) is 39.8 Å². The molecule has 0 unspecified atom stereocenters. The fourth-order valence-electron chi connectivity index (χ4n) is 3.53. The summed E-state index contributed by atoms with van der Waals surface area (Å²) in [6, 6.07) is 8.57. The van der Waals surface area contributed by atoms with Crippen molar-refractivity contribution in [3.05, 3.63) is 41.2 Å². The zero-order valence-electron chi connectivity index (χ0n) is 14.7. The number of hydrogen-bond acceptors (Lipinski definition) is 4. The van der Waals surface area contributed by atoms with Gasteiger partial charge in [0.2, 0.25) is 5.91 Å². The van der Waals surface area contributed by atoms with Gasteiger partial charge in [-0.1, -0.05) is 36.0 Å². The smallest absolute Gasteiger partial charge is 0.233 e. The van der Waals surface area contributed by atoms with Gasteiger partial charge in [-0.15, -0.1) is 10.2 Å². The van der Waals surface area contributed by atoms with Crippen LogP contribution in [-0.2, 0) is 18.3 Å². The van der Waals surface area contributed by atoms with E-state index in [0.717, 1.165) is 30.2 Å². The molecule has 25 heavy (non-hydrogen) atoms. The number of rotatable bonds is 5. The lowest BCUT2D eigenvalue weighted by Gasteiger charge is -2.27. The molecular weight excluding hydrogens is 332 g/mol. The second kappa shape index (κ2) is 6.83. The van der Waals surface area contributed by atoms with Gasteiger partial charge in [0.15, 0.2) is 5.16 Å². The highest BCUT2D eigenvalue weighted by Crippen LogP contribution is 2.40.